The van der Waals surface area contributed by atoms with Crippen molar-refractivity contribution in [2.45, 2.75) is 13.0 Å². The molecule has 1 amide bonds. The lowest BCUT2D eigenvalue weighted by atomic mass is 9.95. The summed E-state index contributed by atoms with van der Waals surface area (Å²) in [6.07, 6.45) is 1.42. The summed E-state index contributed by atoms with van der Waals surface area (Å²) in [6.45, 7) is 1.80. The van der Waals surface area contributed by atoms with Gasteiger partial charge in [-0.15, -0.1) is 0 Å². The maximum absolute atomic E-state index is 13.5. The van der Waals surface area contributed by atoms with Crippen molar-refractivity contribution >= 4 is 40.7 Å². The van der Waals surface area contributed by atoms with Crippen LogP contribution >= 0.6 is 23.2 Å². The van der Waals surface area contributed by atoms with E-state index in [1.165, 1.54) is 13.4 Å². The van der Waals surface area contributed by atoms with Crippen LogP contribution in [0.4, 0.5) is 11.6 Å². The first kappa shape index (κ1) is 21.0. The molecule has 31 heavy (non-hydrogen) atoms. The molecule has 0 saturated heterocycles. The first-order valence-corrected chi connectivity index (χ1v) is 10.0. The van der Waals surface area contributed by atoms with Crippen LogP contribution in [0.3, 0.4) is 0 Å². The number of carbonyl (C=O) groups is 1. The quantitative estimate of drug-likeness (QED) is 0.582. The third-order valence-electron chi connectivity index (χ3n) is 4.95. The average Bonchev–Trinajstić information content (AvgIpc) is 3.21. The summed E-state index contributed by atoms with van der Waals surface area (Å²) >= 11 is 12.6. The molecule has 0 unspecified atom stereocenters. The Balaban J connectivity index is 1.79. The number of nitrogens with zero attached hydrogens (tertiary/aromatic N) is 3. The predicted octanol–water partition coefficient (Wildman–Crippen LogP) is 4.53. The van der Waals surface area contributed by atoms with Crippen molar-refractivity contribution in [3.63, 3.8) is 0 Å². The molecule has 8 nitrogen and oxygen atoms in total. The fourth-order valence-electron chi connectivity index (χ4n) is 3.50. The molecule has 0 spiro atoms. The lowest BCUT2D eigenvalue weighted by molar-refractivity contribution is -0.113. The van der Waals surface area contributed by atoms with E-state index in [9.17, 15) is 4.79 Å². The number of hydrogen-bond acceptors (Lipinski definition) is 6. The summed E-state index contributed by atoms with van der Waals surface area (Å²) in [5.74, 6) is 1.23. The minimum Gasteiger partial charge on any atom is -0.497 e. The van der Waals surface area contributed by atoms with Gasteiger partial charge in [0.15, 0.2) is 0 Å². The van der Waals surface area contributed by atoms with E-state index in [2.05, 4.69) is 20.7 Å². The molecule has 3 aromatic rings. The van der Waals surface area contributed by atoms with Gasteiger partial charge in [-0.2, -0.15) is 10.1 Å². The Morgan fingerprint density at radius 3 is 2.68 bits per heavy atom. The number of benzene rings is 2. The van der Waals surface area contributed by atoms with E-state index in [4.69, 9.17) is 32.7 Å². The van der Waals surface area contributed by atoms with Gasteiger partial charge in [0.05, 0.1) is 25.5 Å². The van der Waals surface area contributed by atoms with Crippen LogP contribution in [0.15, 0.2) is 54.0 Å². The normalized spacial score (nSPS) is 15.2. The summed E-state index contributed by atoms with van der Waals surface area (Å²) in [5.41, 5.74) is 2.18. The van der Waals surface area contributed by atoms with Crippen LogP contribution in [0.25, 0.3) is 0 Å². The Hall–Kier alpha value is -3.23. The van der Waals surface area contributed by atoms with E-state index in [-0.39, 0.29) is 5.91 Å². The largest absolute Gasteiger partial charge is 0.497 e. The number of methoxy groups -OCH3 is 2. The number of carbonyl (C=O) groups excluding carboxylic acids is 1. The number of anilines is 2. The van der Waals surface area contributed by atoms with E-state index < -0.39 is 6.04 Å². The number of halogens is 2. The third-order valence-corrected chi connectivity index (χ3v) is 5.51. The van der Waals surface area contributed by atoms with Crippen LogP contribution in [0.2, 0.25) is 10.0 Å². The topological polar surface area (TPSA) is 90.3 Å². The second kappa shape index (κ2) is 8.49. The SMILES string of the molecule is COc1ccc(OC)c(NC(=O)C2=C(C)Nc3ncnn3[C@H]2c2ccc(Cl)cc2Cl)c1. The van der Waals surface area contributed by atoms with Gasteiger partial charge in [-0.3, -0.25) is 4.79 Å². The van der Waals surface area contributed by atoms with Crippen LogP contribution in [0.1, 0.15) is 18.5 Å². The van der Waals surface area contributed by atoms with Gasteiger partial charge in [0, 0.05) is 27.4 Å². The number of amides is 1. The molecular formula is C21H19Cl2N5O3. The van der Waals surface area contributed by atoms with E-state index in [1.807, 2.05) is 0 Å². The van der Waals surface area contributed by atoms with E-state index in [0.29, 0.717) is 50.0 Å². The molecule has 0 saturated carbocycles. The Morgan fingerprint density at radius 2 is 1.97 bits per heavy atom. The van der Waals surface area contributed by atoms with Crippen LogP contribution in [0.5, 0.6) is 11.5 Å². The molecule has 1 atom stereocenters. The lowest BCUT2D eigenvalue weighted by Gasteiger charge is -2.29. The van der Waals surface area contributed by atoms with E-state index >= 15 is 0 Å². The number of nitrogens with one attached hydrogen (secondary N) is 2. The van der Waals surface area contributed by atoms with Gasteiger partial charge in [-0.25, -0.2) is 4.68 Å². The third kappa shape index (κ3) is 3.92. The number of ether oxygens (including phenoxy) is 2. The Morgan fingerprint density at radius 1 is 1.16 bits per heavy atom. The molecule has 0 aliphatic carbocycles. The van der Waals surface area contributed by atoms with Crippen molar-refractivity contribution in [3.05, 3.63) is 69.6 Å². The van der Waals surface area contributed by atoms with Gasteiger partial charge in [0.1, 0.15) is 23.9 Å². The fourth-order valence-corrected chi connectivity index (χ4v) is 4.01. The van der Waals surface area contributed by atoms with Crippen molar-refractivity contribution in [1.82, 2.24) is 14.8 Å². The van der Waals surface area contributed by atoms with E-state index in [1.54, 1.807) is 55.1 Å². The summed E-state index contributed by atoms with van der Waals surface area (Å²) < 4.78 is 12.3. The highest BCUT2D eigenvalue weighted by atomic mass is 35.5. The molecule has 0 bridgehead atoms. The van der Waals surface area contributed by atoms with Gasteiger partial charge >= 0.3 is 0 Å². The summed E-state index contributed by atoms with van der Waals surface area (Å²) in [5, 5.41) is 11.3. The summed E-state index contributed by atoms with van der Waals surface area (Å²) in [4.78, 5) is 17.7. The zero-order valence-corrected chi connectivity index (χ0v) is 18.5. The van der Waals surface area contributed by atoms with Crippen molar-refractivity contribution < 1.29 is 14.3 Å². The van der Waals surface area contributed by atoms with Crippen LogP contribution < -0.4 is 20.1 Å². The van der Waals surface area contributed by atoms with Crippen LogP contribution in [-0.4, -0.2) is 34.9 Å². The lowest BCUT2D eigenvalue weighted by Crippen LogP contribution is -2.31. The molecule has 160 valence electrons. The molecule has 2 N–H and O–H groups in total. The summed E-state index contributed by atoms with van der Waals surface area (Å²) in [7, 11) is 3.08. The highest BCUT2D eigenvalue weighted by Gasteiger charge is 2.35. The molecule has 1 aliphatic heterocycles. The number of rotatable bonds is 5. The van der Waals surface area contributed by atoms with Crippen molar-refractivity contribution in [2.75, 3.05) is 24.9 Å². The smallest absolute Gasteiger partial charge is 0.255 e. The second-order valence-corrected chi connectivity index (χ2v) is 7.62. The minimum atomic E-state index is -0.611. The van der Waals surface area contributed by atoms with E-state index in [0.717, 1.165) is 0 Å². The van der Waals surface area contributed by atoms with Crippen molar-refractivity contribution in [1.29, 1.82) is 0 Å². The Bertz CT molecular complexity index is 1190. The van der Waals surface area contributed by atoms with Gasteiger partial charge in [-0.1, -0.05) is 29.3 Å². The molecule has 0 fully saturated rings. The van der Waals surface area contributed by atoms with Crippen molar-refractivity contribution in [2.24, 2.45) is 0 Å². The molecule has 10 heteroatoms. The fraction of sp³-hybridized carbons (Fsp3) is 0.190. The molecular weight excluding hydrogens is 441 g/mol. The molecule has 0 radical (unpaired) electrons. The molecule has 2 heterocycles. The standard InChI is InChI=1S/C21H19Cl2N5O3/c1-11-18(20(29)27-16-9-13(30-2)5-7-17(16)31-3)19(28-21(26-11)24-10-25-28)14-6-4-12(22)8-15(14)23/h4-10,19H,1-3H3,(H,27,29)(H,24,25,26)/t19-/m0/s1. The monoisotopic (exact) mass is 459 g/mol. The summed E-state index contributed by atoms with van der Waals surface area (Å²) in [6, 6.07) is 9.67. The number of aromatic nitrogens is 3. The van der Waals surface area contributed by atoms with Gasteiger partial charge in [0.2, 0.25) is 5.95 Å². The predicted molar refractivity (Wildman–Crippen MR) is 119 cm³/mol. The maximum atomic E-state index is 13.5. The zero-order valence-electron chi connectivity index (χ0n) is 16.9. The van der Waals surface area contributed by atoms with Gasteiger partial charge < -0.3 is 20.1 Å². The second-order valence-electron chi connectivity index (χ2n) is 6.78. The zero-order chi connectivity index (χ0) is 22.1. The molecule has 2 aromatic carbocycles. The van der Waals surface area contributed by atoms with Gasteiger partial charge in [-0.05, 0) is 31.2 Å². The Labute approximate surface area is 188 Å². The Kier molecular flexibility index (Phi) is 5.75. The highest BCUT2D eigenvalue weighted by Crippen LogP contribution is 2.39. The van der Waals surface area contributed by atoms with Crippen LogP contribution in [0, 0.1) is 0 Å². The molecule has 1 aliphatic rings. The first-order chi connectivity index (χ1) is 14.9. The molecule has 4 rings (SSSR count). The number of fused-ring (bicyclic) bond motifs is 1. The number of allylic oxidation sites excluding steroid dienone is 1. The minimum absolute atomic E-state index is 0.353. The van der Waals surface area contributed by atoms with Crippen molar-refractivity contribution in [3.8, 4) is 11.5 Å². The molecule has 1 aromatic heterocycles. The first-order valence-electron chi connectivity index (χ1n) is 9.28. The van der Waals surface area contributed by atoms with Gasteiger partial charge in [0.25, 0.3) is 5.91 Å². The number of hydrogen-bond donors (Lipinski definition) is 2. The highest BCUT2D eigenvalue weighted by molar-refractivity contribution is 6.35. The maximum Gasteiger partial charge on any atom is 0.255 e. The van der Waals surface area contributed by atoms with Crippen LogP contribution in [-0.2, 0) is 4.79 Å². The average molecular weight is 460 g/mol.